The van der Waals surface area contributed by atoms with Gasteiger partial charge in [-0.3, -0.25) is 14.0 Å². The maximum atomic E-state index is 12.8. The minimum atomic E-state index is -0.327. The van der Waals surface area contributed by atoms with E-state index in [9.17, 15) is 9.59 Å². The van der Waals surface area contributed by atoms with Gasteiger partial charge < -0.3 is 11.1 Å². The molecule has 0 saturated heterocycles. The molecule has 0 aromatic carbocycles. The number of nitrogens with two attached hydrogens (primary N) is 1. The summed E-state index contributed by atoms with van der Waals surface area (Å²) in [5.41, 5.74) is 7.26. The lowest BCUT2D eigenvalue weighted by Crippen LogP contribution is -2.42. The number of anilines is 1. The van der Waals surface area contributed by atoms with Crippen molar-refractivity contribution in [1.29, 1.82) is 0 Å². The Balaban J connectivity index is 2.50. The lowest BCUT2D eigenvalue weighted by Gasteiger charge is -2.10. The van der Waals surface area contributed by atoms with Crippen molar-refractivity contribution in [2.24, 2.45) is 0 Å². The Bertz CT molecular complexity index is 978. The van der Waals surface area contributed by atoms with Crippen LogP contribution in [0.4, 0.5) is 5.82 Å². The highest BCUT2D eigenvalue weighted by molar-refractivity contribution is 6.00. The summed E-state index contributed by atoms with van der Waals surface area (Å²) in [7, 11) is 1.53. The lowest BCUT2D eigenvalue weighted by atomic mass is 10.1. The van der Waals surface area contributed by atoms with E-state index < -0.39 is 0 Å². The minimum Gasteiger partial charge on any atom is -0.355 e. The van der Waals surface area contributed by atoms with Crippen LogP contribution in [0.5, 0.6) is 0 Å². The highest BCUT2D eigenvalue weighted by Crippen LogP contribution is 2.14. The molecule has 3 N–H and O–H groups in total. The molecule has 3 heterocycles. The molecule has 0 radical (unpaired) electrons. The summed E-state index contributed by atoms with van der Waals surface area (Å²) in [5, 5.41) is 2.92. The lowest BCUT2D eigenvalue weighted by molar-refractivity contribution is -0.658. The van der Waals surface area contributed by atoms with Gasteiger partial charge in [0.25, 0.3) is 17.1 Å². The van der Waals surface area contributed by atoms with E-state index >= 15 is 0 Å². The Hall–Kier alpha value is -2.96. The van der Waals surface area contributed by atoms with E-state index in [1.165, 1.54) is 17.5 Å². The first-order valence-corrected chi connectivity index (χ1v) is 7.44. The van der Waals surface area contributed by atoms with Crippen molar-refractivity contribution >= 4 is 28.4 Å². The SMILES string of the molecule is CCC[n+]1c(N)c(C(=O)NC)cc2c(=O)n3ccccc3nc21. The number of hydrogen-bond donors (Lipinski definition) is 2. The molecule has 0 aliphatic carbocycles. The summed E-state index contributed by atoms with van der Waals surface area (Å²) in [4.78, 5) is 29.4. The second kappa shape index (κ2) is 5.68. The first-order valence-electron chi connectivity index (χ1n) is 7.44. The number of aryl methyl sites for hydroxylation is 1. The summed E-state index contributed by atoms with van der Waals surface area (Å²) >= 11 is 0. The van der Waals surface area contributed by atoms with Crippen LogP contribution in [0.3, 0.4) is 0 Å². The fraction of sp³-hybridized carbons (Fsp3) is 0.250. The van der Waals surface area contributed by atoms with Crippen molar-refractivity contribution in [2.45, 2.75) is 19.9 Å². The van der Waals surface area contributed by atoms with Crippen LogP contribution < -0.4 is 21.2 Å². The molecule has 0 aliphatic heterocycles. The average molecular weight is 312 g/mol. The zero-order valence-electron chi connectivity index (χ0n) is 13.0. The van der Waals surface area contributed by atoms with E-state index in [-0.39, 0.29) is 17.0 Å². The van der Waals surface area contributed by atoms with E-state index in [1.807, 2.05) is 13.0 Å². The molecule has 7 nitrogen and oxygen atoms in total. The summed E-state index contributed by atoms with van der Waals surface area (Å²) in [6.07, 6.45) is 2.46. The molecule has 0 bridgehead atoms. The third kappa shape index (κ3) is 2.30. The summed E-state index contributed by atoms with van der Waals surface area (Å²) < 4.78 is 3.19. The van der Waals surface area contributed by atoms with Gasteiger partial charge in [0.05, 0.1) is 6.54 Å². The largest absolute Gasteiger partial charge is 0.355 e. The van der Waals surface area contributed by atoms with Crippen LogP contribution >= 0.6 is 0 Å². The van der Waals surface area contributed by atoms with Crippen molar-refractivity contribution in [3.8, 4) is 0 Å². The second-order valence-electron chi connectivity index (χ2n) is 5.26. The van der Waals surface area contributed by atoms with Gasteiger partial charge in [0, 0.05) is 13.2 Å². The number of rotatable bonds is 3. The van der Waals surface area contributed by atoms with Gasteiger partial charge in [-0.2, -0.15) is 0 Å². The van der Waals surface area contributed by atoms with Gasteiger partial charge in [-0.1, -0.05) is 18.0 Å². The first-order chi connectivity index (χ1) is 11.1. The molecule has 3 aromatic heterocycles. The molecule has 0 aliphatic rings. The zero-order chi connectivity index (χ0) is 16.6. The standard InChI is InChI=1S/C16H17N5O2/c1-3-7-21-13(17)10(15(22)18-2)9-11-14(21)19-12-6-4-5-8-20(12)16(11)23/h4-6,8-9,17H,3,7H2,1-2H3,(H,18,22)/p+1. The van der Waals surface area contributed by atoms with Crippen LogP contribution in [0.15, 0.2) is 35.3 Å². The second-order valence-corrected chi connectivity index (χ2v) is 5.26. The number of carbonyl (C=O) groups is 1. The zero-order valence-corrected chi connectivity index (χ0v) is 13.0. The third-order valence-corrected chi connectivity index (χ3v) is 3.78. The monoisotopic (exact) mass is 312 g/mol. The number of nitrogens with one attached hydrogen (secondary N) is 1. The third-order valence-electron chi connectivity index (χ3n) is 3.78. The van der Waals surface area contributed by atoms with Gasteiger partial charge in [0.1, 0.15) is 10.9 Å². The number of fused-ring (bicyclic) bond motifs is 2. The number of aromatic nitrogens is 3. The quantitative estimate of drug-likeness (QED) is 0.543. The van der Waals surface area contributed by atoms with Gasteiger partial charge >= 0.3 is 0 Å². The molecular weight excluding hydrogens is 294 g/mol. The number of hydrogen-bond acceptors (Lipinski definition) is 4. The number of amides is 1. The fourth-order valence-electron chi connectivity index (χ4n) is 2.67. The number of carbonyl (C=O) groups excluding carboxylic acids is 1. The predicted molar refractivity (Wildman–Crippen MR) is 87.3 cm³/mol. The van der Waals surface area contributed by atoms with Gasteiger partial charge in [-0.05, 0) is 24.6 Å². The van der Waals surface area contributed by atoms with Gasteiger partial charge in [0.15, 0.2) is 0 Å². The Morgan fingerprint density at radius 2 is 2.22 bits per heavy atom. The Kier molecular flexibility index (Phi) is 3.69. The van der Waals surface area contributed by atoms with E-state index in [0.29, 0.717) is 29.0 Å². The predicted octanol–water partition coefficient (Wildman–Crippen LogP) is 0.487. The Morgan fingerprint density at radius 3 is 2.91 bits per heavy atom. The molecule has 1 amide bonds. The summed E-state index contributed by atoms with van der Waals surface area (Å²) in [6, 6.07) is 6.86. The topological polar surface area (TPSA) is 93.4 Å². The minimum absolute atomic E-state index is 0.222. The van der Waals surface area contributed by atoms with Crippen LogP contribution in [0.1, 0.15) is 23.7 Å². The molecule has 3 aromatic rings. The molecule has 23 heavy (non-hydrogen) atoms. The number of nitrogens with zero attached hydrogens (tertiary/aromatic N) is 3. The molecule has 118 valence electrons. The molecule has 0 spiro atoms. The molecule has 0 atom stereocenters. The number of pyridine rings is 2. The van der Waals surface area contributed by atoms with E-state index in [1.54, 1.807) is 22.9 Å². The molecule has 7 heteroatoms. The first kappa shape index (κ1) is 15.0. The van der Waals surface area contributed by atoms with Crippen molar-refractivity contribution < 1.29 is 9.36 Å². The van der Waals surface area contributed by atoms with Gasteiger partial charge in [-0.15, -0.1) is 0 Å². The van der Waals surface area contributed by atoms with Crippen LogP contribution in [0.2, 0.25) is 0 Å². The van der Waals surface area contributed by atoms with Crippen molar-refractivity contribution in [2.75, 3.05) is 12.8 Å². The maximum Gasteiger partial charge on any atom is 0.278 e. The maximum absolute atomic E-state index is 12.8. The molecular formula is C16H18N5O2+. The summed E-state index contributed by atoms with van der Waals surface area (Å²) in [5.74, 6) is -0.0160. The highest BCUT2D eigenvalue weighted by atomic mass is 16.1. The van der Waals surface area contributed by atoms with Crippen LogP contribution in [-0.4, -0.2) is 22.3 Å². The highest BCUT2D eigenvalue weighted by Gasteiger charge is 2.23. The fourth-order valence-corrected chi connectivity index (χ4v) is 2.67. The van der Waals surface area contributed by atoms with E-state index in [4.69, 9.17) is 5.73 Å². The average Bonchev–Trinajstić information content (AvgIpc) is 2.57. The summed E-state index contributed by atoms with van der Waals surface area (Å²) in [6.45, 7) is 2.57. The Morgan fingerprint density at radius 1 is 1.43 bits per heavy atom. The van der Waals surface area contributed by atoms with E-state index in [2.05, 4.69) is 10.3 Å². The van der Waals surface area contributed by atoms with Gasteiger partial charge in [0.2, 0.25) is 11.5 Å². The van der Waals surface area contributed by atoms with Crippen LogP contribution in [-0.2, 0) is 6.54 Å². The van der Waals surface area contributed by atoms with Crippen molar-refractivity contribution in [3.05, 3.63) is 46.4 Å². The normalized spacial score (nSPS) is 11.0. The molecule has 0 fully saturated rings. The number of nitrogen functional groups attached to an aromatic ring is 1. The van der Waals surface area contributed by atoms with Gasteiger partial charge in [-0.25, -0.2) is 4.57 Å². The molecule has 0 saturated carbocycles. The molecule has 3 rings (SSSR count). The van der Waals surface area contributed by atoms with E-state index in [0.717, 1.165) is 6.42 Å². The Labute approximate surface area is 132 Å². The molecule has 0 unspecified atom stereocenters. The van der Waals surface area contributed by atoms with Crippen LogP contribution in [0, 0.1) is 0 Å². The smallest absolute Gasteiger partial charge is 0.278 e. The van der Waals surface area contributed by atoms with Crippen molar-refractivity contribution in [1.82, 2.24) is 14.7 Å². The van der Waals surface area contributed by atoms with Crippen molar-refractivity contribution in [3.63, 3.8) is 0 Å². The van der Waals surface area contributed by atoms with Crippen LogP contribution in [0.25, 0.3) is 16.7 Å².